The topological polar surface area (TPSA) is 122 Å². The molecule has 4 amide bonds. The lowest BCUT2D eigenvalue weighted by Crippen LogP contribution is -2.36. The molecule has 0 saturated carbocycles. The van der Waals surface area contributed by atoms with Gasteiger partial charge in [0.15, 0.2) is 5.78 Å². The number of unbranched alkanes of at least 4 members (excludes halogenated alkanes) is 9. The Kier molecular flexibility index (Phi) is 15.3. The number of halogens is 1. The molecule has 0 radical (unpaired) electrons. The number of imide groups is 1. The molecule has 1 atom stereocenters. The van der Waals surface area contributed by atoms with Crippen molar-refractivity contribution in [3.05, 3.63) is 58.1 Å². The van der Waals surface area contributed by atoms with Crippen LogP contribution in [-0.4, -0.2) is 53.9 Å². The van der Waals surface area contributed by atoms with Crippen LogP contribution in [0.15, 0.2) is 36.4 Å². The van der Waals surface area contributed by atoms with Gasteiger partial charge in [0, 0.05) is 18.9 Å². The third-order valence-corrected chi connectivity index (χ3v) is 8.69. The Morgan fingerprint density at radius 1 is 0.898 bits per heavy atom. The number of ether oxygens (including phenoxy) is 2. The number of carbonyl (C=O) groups is 5. The van der Waals surface area contributed by atoms with E-state index in [1.54, 1.807) is 27.7 Å². The standard InChI is InChI=1S/C38H52ClN3O7/c1-7-9-10-11-12-13-14-15-16-20-23-49-36(46)28-24-29(40-26(3)43)31(39)32(30(28)33(44)38(4,5)6)42-34(45)35(48-8-2)41(37(42)47)25-27-21-18-17-19-22-27/h17-19,21-22,24,35H,7-16,20,23,25H2,1-6H3,(H,40,43). The third kappa shape index (κ3) is 10.6. The van der Waals surface area contributed by atoms with E-state index in [0.29, 0.717) is 6.42 Å². The molecule has 2 aromatic rings. The van der Waals surface area contributed by atoms with Crippen LogP contribution in [0.1, 0.15) is 132 Å². The molecule has 1 aliphatic heterocycles. The number of nitrogens with one attached hydrogen (secondary N) is 1. The average molecular weight is 698 g/mol. The number of Topliss-reactive ketones (excluding diaryl/α,β-unsaturated/α-hetero) is 1. The van der Waals surface area contributed by atoms with Crippen LogP contribution in [0.25, 0.3) is 0 Å². The lowest BCUT2D eigenvalue weighted by molar-refractivity contribution is -0.134. The Balaban J connectivity index is 1.98. The van der Waals surface area contributed by atoms with Gasteiger partial charge in [0.25, 0.3) is 5.91 Å². The Bertz CT molecular complexity index is 1470. The molecule has 1 heterocycles. The zero-order chi connectivity index (χ0) is 36.1. The van der Waals surface area contributed by atoms with E-state index in [-0.39, 0.29) is 47.3 Å². The fourth-order valence-electron chi connectivity index (χ4n) is 5.76. The van der Waals surface area contributed by atoms with E-state index in [0.717, 1.165) is 29.7 Å². The fourth-order valence-corrected chi connectivity index (χ4v) is 6.04. The summed E-state index contributed by atoms with van der Waals surface area (Å²) in [6, 6.07) is 9.57. The van der Waals surface area contributed by atoms with Crippen molar-refractivity contribution in [1.82, 2.24) is 4.90 Å². The summed E-state index contributed by atoms with van der Waals surface area (Å²) in [4.78, 5) is 70.4. The number of nitrogens with zero attached hydrogens (tertiary/aromatic N) is 2. The molecule has 1 N–H and O–H groups in total. The Morgan fingerprint density at radius 3 is 2.04 bits per heavy atom. The number of esters is 1. The van der Waals surface area contributed by atoms with Gasteiger partial charge in [-0.25, -0.2) is 14.5 Å². The van der Waals surface area contributed by atoms with Gasteiger partial charge in [0.05, 0.1) is 40.7 Å². The molecule has 1 unspecified atom stereocenters. The number of hydrogen-bond donors (Lipinski definition) is 1. The lowest BCUT2D eigenvalue weighted by Gasteiger charge is -2.26. The first kappa shape index (κ1) is 39.7. The molecular formula is C38H52ClN3O7. The number of ketones is 1. The molecular weight excluding hydrogens is 646 g/mol. The number of benzene rings is 2. The molecule has 1 aliphatic rings. The lowest BCUT2D eigenvalue weighted by atomic mass is 9.83. The van der Waals surface area contributed by atoms with Crippen LogP contribution < -0.4 is 10.2 Å². The van der Waals surface area contributed by atoms with E-state index >= 15 is 0 Å². The molecule has 1 saturated heterocycles. The smallest absolute Gasteiger partial charge is 0.339 e. The first-order chi connectivity index (χ1) is 23.3. The molecule has 0 spiro atoms. The highest BCUT2D eigenvalue weighted by Gasteiger charge is 2.50. The highest BCUT2D eigenvalue weighted by atomic mass is 35.5. The number of carbonyl (C=O) groups excluding carboxylic acids is 5. The normalized spacial score (nSPS) is 14.8. The summed E-state index contributed by atoms with van der Waals surface area (Å²) in [5, 5.41) is 2.34. The Labute approximate surface area is 295 Å². The van der Waals surface area contributed by atoms with Crippen molar-refractivity contribution in [3.63, 3.8) is 0 Å². The van der Waals surface area contributed by atoms with E-state index in [2.05, 4.69) is 12.2 Å². The van der Waals surface area contributed by atoms with Crippen LogP contribution in [0.4, 0.5) is 16.2 Å². The number of urea groups is 1. The summed E-state index contributed by atoms with van der Waals surface area (Å²) in [7, 11) is 0. The maximum absolute atomic E-state index is 14.2. The van der Waals surface area contributed by atoms with Crippen LogP contribution in [0.2, 0.25) is 5.02 Å². The van der Waals surface area contributed by atoms with Crippen LogP contribution in [0.5, 0.6) is 0 Å². The Hall–Kier alpha value is -3.76. The van der Waals surface area contributed by atoms with Gasteiger partial charge in [-0.2, -0.15) is 0 Å². The molecule has 0 aliphatic carbocycles. The van der Waals surface area contributed by atoms with Crippen LogP contribution in [0, 0.1) is 5.41 Å². The van der Waals surface area contributed by atoms with Crippen molar-refractivity contribution in [2.24, 2.45) is 5.41 Å². The van der Waals surface area contributed by atoms with E-state index in [9.17, 15) is 24.0 Å². The number of amides is 4. The second-order valence-electron chi connectivity index (χ2n) is 13.5. The summed E-state index contributed by atoms with van der Waals surface area (Å²) < 4.78 is 11.4. The van der Waals surface area contributed by atoms with Gasteiger partial charge < -0.3 is 14.8 Å². The van der Waals surface area contributed by atoms with Crippen molar-refractivity contribution < 1.29 is 33.4 Å². The van der Waals surface area contributed by atoms with Gasteiger partial charge >= 0.3 is 12.0 Å². The number of hydrogen-bond acceptors (Lipinski definition) is 7. The molecule has 10 nitrogen and oxygen atoms in total. The van der Waals surface area contributed by atoms with Gasteiger partial charge in [-0.15, -0.1) is 0 Å². The van der Waals surface area contributed by atoms with Crippen LogP contribution in [0.3, 0.4) is 0 Å². The minimum Gasteiger partial charge on any atom is -0.462 e. The molecule has 0 bridgehead atoms. The second kappa shape index (κ2) is 18.9. The van der Waals surface area contributed by atoms with Gasteiger partial charge in [-0.05, 0) is 25.0 Å². The zero-order valence-electron chi connectivity index (χ0n) is 29.9. The quantitative estimate of drug-likeness (QED) is 0.0673. The highest BCUT2D eigenvalue weighted by Crippen LogP contribution is 2.44. The average Bonchev–Trinajstić information content (AvgIpc) is 3.27. The van der Waals surface area contributed by atoms with E-state index in [1.807, 2.05) is 30.3 Å². The zero-order valence-corrected chi connectivity index (χ0v) is 30.6. The largest absolute Gasteiger partial charge is 0.462 e. The predicted octanol–water partition coefficient (Wildman–Crippen LogP) is 8.94. The van der Waals surface area contributed by atoms with E-state index < -0.39 is 41.2 Å². The van der Waals surface area contributed by atoms with Crippen LogP contribution in [-0.2, 0) is 25.6 Å². The van der Waals surface area contributed by atoms with Gasteiger partial charge in [-0.1, -0.05) is 127 Å². The van der Waals surface area contributed by atoms with Crippen molar-refractivity contribution in [1.29, 1.82) is 0 Å². The Morgan fingerprint density at radius 2 is 1.49 bits per heavy atom. The number of rotatable bonds is 19. The molecule has 0 aromatic heterocycles. The first-order valence-corrected chi connectivity index (χ1v) is 17.9. The van der Waals surface area contributed by atoms with Gasteiger partial charge in [0.1, 0.15) is 0 Å². The second-order valence-corrected chi connectivity index (χ2v) is 13.8. The summed E-state index contributed by atoms with van der Waals surface area (Å²) in [6.07, 6.45) is 9.80. The summed E-state index contributed by atoms with van der Waals surface area (Å²) in [6.45, 7) is 10.4. The minimum absolute atomic E-state index is 0.0336. The van der Waals surface area contributed by atoms with Gasteiger partial charge in [-0.3, -0.25) is 19.3 Å². The first-order valence-electron chi connectivity index (χ1n) is 17.5. The third-order valence-electron chi connectivity index (χ3n) is 8.30. The maximum Gasteiger partial charge on any atom is 0.339 e. The van der Waals surface area contributed by atoms with Crippen molar-refractivity contribution in [2.75, 3.05) is 23.4 Å². The summed E-state index contributed by atoms with van der Waals surface area (Å²) in [5.74, 6) is -2.66. The molecule has 268 valence electrons. The fraction of sp³-hybridized carbons (Fsp3) is 0.553. The molecule has 2 aromatic carbocycles. The van der Waals surface area contributed by atoms with E-state index in [1.165, 1.54) is 56.4 Å². The molecule has 1 fully saturated rings. The van der Waals surface area contributed by atoms with E-state index in [4.69, 9.17) is 21.1 Å². The summed E-state index contributed by atoms with van der Waals surface area (Å²) >= 11 is 6.87. The predicted molar refractivity (Wildman–Crippen MR) is 192 cm³/mol. The van der Waals surface area contributed by atoms with Crippen LogP contribution >= 0.6 is 11.6 Å². The number of anilines is 2. The molecule has 11 heteroatoms. The SMILES string of the molecule is CCCCCCCCCCCCOC(=O)c1cc(NC(C)=O)c(Cl)c(N2C(=O)C(OCC)N(Cc3ccccc3)C2=O)c1C(=O)C(C)(C)C. The minimum atomic E-state index is -1.32. The monoisotopic (exact) mass is 697 g/mol. The maximum atomic E-state index is 14.2. The van der Waals surface area contributed by atoms with Crippen molar-refractivity contribution in [3.8, 4) is 0 Å². The highest BCUT2D eigenvalue weighted by molar-refractivity contribution is 6.40. The molecule has 3 rings (SSSR count). The summed E-state index contributed by atoms with van der Waals surface area (Å²) in [5.41, 5.74) is -1.10. The van der Waals surface area contributed by atoms with Crippen molar-refractivity contribution >= 4 is 52.6 Å². The van der Waals surface area contributed by atoms with Gasteiger partial charge in [0.2, 0.25) is 12.1 Å². The van der Waals surface area contributed by atoms with Crippen molar-refractivity contribution in [2.45, 2.75) is 119 Å². The molecule has 49 heavy (non-hydrogen) atoms.